The molecule has 0 fully saturated rings. The number of hydrogen-bond donors (Lipinski definition) is 2. The Balaban J connectivity index is 1.69. The van der Waals surface area contributed by atoms with Crippen LogP contribution < -0.4 is 10.0 Å². The van der Waals surface area contributed by atoms with Gasteiger partial charge < -0.3 is 5.32 Å². The molecule has 0 atom stereocenters. The molecule has 0 saturated heterocycles. The third kappa shape index (κ3) is 3.83. The molecule has 0 radical (unpaired) electrons. The lowest BCUT2D eigenvalue weighted by atomic mass is 10.00. The van der Waals surface area contributed by atoms with Gasteiger partial charge in [0.2, 0.25) is 15.9 Å². The largest absolute Gasteiger partial charge is 0.326 e. The number of fused-ring (bicyclic) bond motifs is 1. The maximum Gasteiger partial charge on any atom is 0.241 e. The molecule has 1 aliphatic rings. The molecule has 0 bridgehead atoms. The van der Waals surface area contributed by atoms with E-state index in [-0.39, 0.29) is 10.8 Å². The van der Waals surface area contributed by atoms with Gasteiger partial charge in [-0.05, 0) is 41.3 Å². The molecular formula is C22H20N2O3S. The number of carbonyl (C=O) groups is 1. The van der Waals surface area contributed by atoms with Crippen molar-refractivity contribution in [3.8, 4) is 0 Å². The summed E-state index contributed by atoms with van der Waals surface area (Å²) in [6, 6.07) is 23.3. The van der Waals surface area contributed by atoms with E-state index in [9.17, 15) is 13.2 Å². The van der Waals surface area contributed by atoms with Crippen molar-refractivity contribution in [2.75, 3.05) is 5.32 Å². The first-order valence-electron chi connectivity index (χ1n) is 9.08. The van der Waals surface area contributed by atoms with Gasteiger partial charge >= 0.3 is 0 Å². The van der Waals surface area contributed by atoms with E-state index in [1.807, 2.05) is 60.7 Å². The molecular weight excluding hydrogens is 372 g/mol. The van der Waals surface area contributed by atoms with Crippen molar-refractivity contribution in [1.82, 2.24) is 4.72 Å². The zero-order chi connectivity index (χ0) is 19.6. The molecule has 6 heteroatoms. The highest BCUT2D eigenvalue weighted by molar-refractivity contribution is 7.89. The second kappa shape index (κ2) is 7.58. The predicted octanol–water partition coefficient (Wildman–Crippen LogP) is 3.64. The van der Waals surface area contributed by atoms with E-state index in [1.165, 1.54) is 6.07 Å². The Bertz CT molecular complexity index is 1060. The van der Waals surface area contributed by atoms with Crippen LogP contribution in [0.3, 0.4) is 0 Å². The van der Waals surface area contributed by atoms with Gasteiger partial charge in [-0.25, -0.2) is 8.42 Å². The average molecular weight is 392 g/mol. The first-order valence-corrected chi connectivity index (χ1v) is 10.6. The van der Waals surface area contributed by atoms with Crippen LogP contribution in [0.15, 0.2) is 83.8 Å². The van der Waals surface area contributed by atoms with Crippen molar-refractivity contribution in [1.29, 1.82) is 0 Å². The van der Waals surface area contributed by atoms with E-state index in [0.717, 1.165) is 16.7 Å². The molecule has 1 amide bonds. The second-order valence-corrected chi connectivity index (χ2v) is 8.46. The van der Waals surface area contributed by atoms with E-state index in [1.54, 1.807) is 12.1 Å². The summed E-state index contributed by atoms with van der Waals surface area (Å²) in [5.41, 5.74) is 3.24. The second-order valence-electron chi connectivity index (χ2n) is 6.74. The van der Waals surface area contributed by atoms with Crippen LogP contribution in [0, 0.1) is 0 Å². The summed E-state index contributed by atoms with van der Waals surface area (Å²) in [7, 11) is -3.77. The maximum absolute atomic E-state index is 13.1. The minimum absolute atomic E-state index is 0.0468. The number of amides is 1. The number of aryl methyl sites for hydroxylation is 1. The van der Waals surface area contributed by atoms with Crippen molar-refractivity contribution in [3.05, 3.63) is 95.6 Å². The molecule has 142 valence electrons. The summed E-state index contributed by atoms with van der Waals surface area (Å²) >= 11 is 0. The van der Waals surface area contributed by atoms with Crippen LogP contribution >= 0.6 is 0 Å². The van der Waals surface area contributed by atoms with Crippen molar-refractivity contribution < 1.29 is 13.2 Å². The van der Waals surface area contributed by atoms with Gasteiger partial charge in [-0.3, -0.25) is 4.79 Å². The van der Waals surface area contributed by atoms with Crippen molar-refractivity contribution in [2.24, 2.45) is 0 Å². The molecule has 5 nitrogen and oxygen atoms in total. The Hall–Kier alpha value is -2.96. The number of sulfonamides is 1. The summed E-state index contributed by atoms with van der Waals surface area (Å²) < 4.78 is 29.1. The van der Waals surface area contributed by atoms with Gasteiger partial charge in [0, 0.05) is 12.1 Å². The predicted molar refractivity (Wildman–Crippen MR) is 108 cm³/mol. The van der Waals surface area contributed by atoms with E-state index >= 15 is 0 Å². The SMILES string of the molecule is O=C1CCc2cc(S(=O)(=O)NC(c3ccccc3)c3ccccc3)ccc2N1. The number of hydrogen-bond acceptors (Lipinski definition) is 3. The number of anilines is 1. The highest BCUT2D eigenvalue weighted by Crippen LogP contribution is 2.28. The molecule has 1 aliphatic heterocycles. The molecule has 0 unspecified atom stereocenters. The molecule has 0 saturated carbocycles. The average Bonchev–Trinajstić information content (AvgIpc) is 2.73. The number of nitrogens with one attached hydrogen (secondary N) is 2. The van der Waals surface area contributed by atoms with Gasteiger partial charge in [0.1, 0.15) is 0 Å². The van der Waals surface area contributed by atoms with Crippen molar-refractivity contribution in [3.63, 3.8) is 0 Å². The summed E-state index contributed by atoms with van der Waals surface area (Å²) in [4.78, 5) is 11.7. The minimum Gasteiger partial charge on any atom is -0.326 e. The highest BCUT2D eigenvalue weighted by Gasteiger charge is 2.24. The van der Waals surface area contributed by atoms with Crippen molar-refractivity contribution in [2.45, 2.75) is 23.8 Å². The van der Waals surface area contributed by atoms with Crippen LogP contribution in [0.2, 0.25) is 0 Å². The molecule has 3 aromatic rings. The van der Waals surface area contributed by atoms with Crippen LogP contribution in [0.1, 0.15) is 29.2 Å². The summed E-state index contributed by atoms with van der Waals surface area (Å²) in [5, 5.41) is 2.78. The number of benzene rings is 3. The number of rotatable bonds is 5. The standard InChI is InChI=1S/C22H20N2O3S/c25-21-14-11-18-15-19(12-13-20(18)23-21)28(26,27)24-22(16-7-3-1-4-8-16)17-9-5-2-6-10-17/h1-10,12-13,15,22,24H,11,14H2,(H,23,25). The quantitative estimate of drug-likeness (QED) is 0.696. The zero-order valence-corrected chi connectivity index (χ0v) is 15.9. The highest BCUT2D eigenvalue weighted by atomic mass is 32.2. The van der Waals surface area contributed by atoms with E-state index < -0.39 is 16.1 Å². The van der Waals surface area contributed by atoms with Gasteiger partial charge in [0.05, 0.1) is 10.9 Å². The lowest BCUT2D eigenvalue weighted by Crippen LogP contribution is -2.30. The van der Waals surface area contributed by atoms with Crippen LogP contribution in [0.5, 0.6) is 0 Å². The normalized spacial score (nSPS) is 13.8. The van der Waals surface area contributed by atoms with E-state index in [0.29, 0.717) is 18.5 Å². The molecule has 0 aliphatic carbocycles. The van der Waals surface area contributed by atoms with Crippen LogP contribution in [-0.4, -0.2) is 14.3 Å². The smallest absolute Gasteiger partial charge is 0.241 e. The van der Waals surface area contributed by atoms with Gasteiger partial charge in [0.25, 0.3) is 0 Å². The zero-order valence-electron chi connectivity index (χ0n) is 15.1. The molecule has 4 rings (SSSR count). The molecule has 3 aromatic carbocycles. The van der Waals surface area contributed by atoms with E-state index in [4.69, 9.17) is 0 Å². The first kappa shape index (κ1) is 18.4. The summed E-state index contributed by atoms with van der Waals surface area (Å²) in [5.74, 6) is -0.0468. The molecule has 1 heterocycles. The molecule has 0 spiro atoms. The first-order chi connectivity index (χ1) is 13.5. The van der Waals surface area contributed by atoms with Gasteiger partial charge in [-0.2, -0.15) is 4.72 Å². The van der Waals surface area contributed by atoms with Crippen LogP contribution in [-0.2, 0) is 21.2 Å². The van der Waals surface area contributed by atoms with Gasteiger partial charge in [-0.15, -0.1) is 0 Å². The topological polar surface area (TPSA) is 75.3 Å². The fraction of sp³-hybridized carbons (Fsp3) is 0.136. The van der Waals surface area contributed by atoms with E-state index in [2.05, 4.69) is 10.0 Å². The lowest BCUT2D eigenvalue weighted by molar-refractivity contribution is -0.116. The Morgan fingerprint density at radius 3 is 2.04 bits per heavy atom. The Labute approximate surface area is 164 Å². The maximum atomic E-state index is 13.1. The van der Waals surface area contributed by atoms with Gasteiger partial charge in [-0.1, -0.05) is 60.7 Å². The molecule has 2 N–H and O–H groups in total. The molecule has 0 aromatic heterocycles. The third-order valence-electron chi connectivity index (χ3n) is 4.82. The van der Waals surface area contributed by atoms with Gasteiger partial charge in [0.15, 0.2) is 0 Å². The fourth-order valence-electron chi connectivity index (χ4n) is 3.37. The lowest BCUT2D eigenvalue weighted by Gasteiger charge is -2.21. The fourth-order valence-corrected chi connectivity index (χ4v) is 4.63. The minimum atomic E-state index is -3.77. The number of carbonyl (C=O) groups excluding carboxylic acids is 1. The van der Waals surface area contributed by atoms with Crippen molar-refractivity contribution >= 4 is 21.6 Å². The summed E-state index contributed by atoms with van der Waals surface area (Å²) in [6.07, 6.45) is 0.895. The summed E-state index contributed by atoms with van der Waals surface area (Å²) in [6.45, 7) is 0. The van der Waals surface area contributed by atoms with Crippen LogP contribution in [0.25, 0.3) is 0 Å². The Morgan fingerprint density at radius 1 is 0.821 bits per heavy atom. The Morgan fingerprint density at radius 2 is 1.43 bits per heavy atom. The monoisotopic (exact) mass is 392 g/mol. The third-order valence-corrected chi connectivity index (χ3v) is 6.24. The molecule has 28 heavy (non-hydrogen) atoms. The Kier molecular flexibility index (Phi) is 4.98. The van der Waals surface area contributed by atoms with Crippen LogP contribution in [0.4, 0.5) is 5.69 Å².